The number of imidazole rings is 1. The van der Waals surface area contributed by atoms with Crippen LogP contribution in [-0.4, -0.2) is 41.1 Å². The summed E-state index contributed by atoms with van der Waals surface area (Å²) in [6.45, 7) is 0.671. The molecule has 2 aromatic carbocycles. The van der Waals surface area contributed by atoms with E-state index in [0.717, 1.165) is 36.4 Å². The first-order valence-corrected chi connectivity index (χ1v) is 12.0. The molecule has 0 aliphatic heterocycles. The van der Waals surface area contributed by atoms with E-state index in [-0.39, 0.29) is 5.91 Å². The number of ether oxygens (including phenoxy) is 1. The van der Waals surface area contributed by atoms with Crippen molar-refractivity contribution in [3.63, 3.8) is 0 Å². The fourth-order valence-corrected chi connectivity index (χ4v) is 4.63. The van der Waals surface area contributed by atoms with Gasteiger partial charge in [-0.15, -0.1) is 0 Å². The van der Waals surface area contributed by atoms with Crippen LogP contribution in [0, 0.1) is 0 Å². The second-order valence-corrected chi connectivity index (χ2v) is 9.06. The molecule has 0 spiro atoms. The smallest absolute Gasteiger partial charge is 0.222 e. The number of aromatic nitrogens is 2. The van der Waals surface area contributed by atoms with Crippen molar-refractivity contribution in [1.29, 1.82) is 0 Å². The zero-order chi connectivity index (χ0) is 22.3. The zero-order valence-electron chi connectivity index (χ0n) is 19.4. The first kappa shape index (κ1) is 22.4. The van der Waals surface area contributed by atoms with Crippen molar-refractivity contribution < 1.29 is 9.53 Å². The molecule has 3 aromatic rings. The van der Waals surface area contributed by atoms with Crippen LogP contribution >= 0.6 is 0 Å². The van der Waals surface area contributed by atoms with Gasteiger partial charge in [0.25, 0.3) is 0 Å². The topological polar surface area (TPSA) is 47.4 Å². The van der Waals surface area contributed by atoms with Crippen molar-refractivity contribution in [3.8, 4) is 17.1 Å². The van der Waals surface area contributed by atoms with Gasteiger partial charge in [0.15, 0.2) is 0 Å². The van der Waals surface area contributed by atoms with E-state index in [4.69, 9.17) is 9.72 Å². The van der Waals surface area contributed by atoms with Gasteiger partial charge in [0.05, 0.1) is 17.6 Å². The Morgan fingerprint density at radius 1 is 1.03 bits per heavy atom. The van der Waals surface area contributed by atoms with Crippen LogP contribution in [0.5, 0.6) is 5.75 Å². The summed E-state index contributed by atoms with van der Waals surface area (Å²) < 4.78 is 8.55. The second kappa shape index (κ2) is 10.7. The number of fused-ring (bicyclic) bond motifs is 1. The van der Waals surface area contributed by atoms with Crippen molar-refractivity contribution in [2.45, 2.75) is 63.8 Å². The molecule has 0 N–H and O–H groups in total. The molecular formula is C27H35N3O2. The van der Waals surface area contributed by atoms with Crippen molar-refractivity contribution in [1.82, 2.24) is 14.5 Å². The highest BCUT2D eigenvalue weighted by Crippen LogP contribution is 2.36. The van der Waals surface area contributed by atoms with Crippen LogP contribution in [0.15, 0.2) is 48.5 Å². The Bertz CT molecular complexity index is 1020. The first-order chi connectivity index (χ1) is 15.6. The van der Waals surface area contributed by atoms with E-state index < -0.39 is 0 Å². The molecule has 5 heteroatoms. The highest BCUT2D eigenvalue weighted by atomic mass is 16.5. The molecule has 0 bridgehead atoms. The Morgan fingerprint density at radius 2 is 1.81 bits per heavy atom. The van der Waals surface area contributed by atoms with E-state index in [9.17, 15) is 4.79 Å². The molecule has 1 aliphatic rings. The minimum atomic E-state index is 0.196. The average molecular weight is 434 g/mol. The largest absolute Gasteiger partial charge is 0.494 e. The third kappa shape index (κ3) is 5.32. The number of hydrogen-bond acceptors (Lipinski definition) is 3. The Balaban J connectivity index is 1.48. The SMILES string of the molecule is CN(C)C(=O)CCCCCOc1ccc2nc(-c3ccccc3)n(C3CCCCC3)c2c1. The first-order valence-electron chi connectivity index (χ1n) is 12.0. The lowest BCUT2D eigenvalue weighted by atomic mass is 9.95. The number of benzene rings is 2. The summed E-state index contributed by atoms with van der Waals surface area (Å²) in [6, 6.07) is 17.3. The maximum Gasteiger partial charge on any atom is 0.222 e. The van der Waals surface area contributed by atoms with E-state index in [1.54, 1.807) is 4.90 Å². The van der Waals surface area contributed by atoms with Crippen LogP contribution in [-0.2, 0) is 4.79 Å². The summed E-state index contributed by atoms with van der Waals surface area (Å²) in [5.74, 6) is 2.16. The van der Waals surface area contributed by atoms with Gasteiger partial charge in [0, 0.05) is 38.2 Å². The summed E-state index contributed by atoms with van der Waals surface area (Å²) >= 11 is 0. The van der Waals surface area contributed by atoms with E-state index in [1.807, 2.05) is 20.2 Å². The third-order valence-corrected chi connectivity index (χ3v) is 6.44. The van der Waals surface area contributed by atoms with Gasteiger partial charge in [-0.25, -0.2) is 4.98 Å². The Kier molecular flexibility index (Phi) is 7.46. The molecule has 32 heavy (non-hydrogen) atoms. The van der Waals surface area contributed by atoms with Gasteiger partial charge in [-0.1, -0.05) is 49.6 Å². The predicted molar refractivity (Wildman–Crippen MR) is 130 cm³/mol. The number of nitrogens with zero attached hydrogens (tertiary/aromatic N) is 3. The molecule has 1 amide bonds. The minimum absolute atomic E-state index is 0.196. The van der Waals surface area contributed by atoms with Gasteiger partial charge in [-0.3, -0.25) is 4.79 Å². The van der Waals surface area contributed by atoms with Gasteiger partial charge < -0.3 is 14.2 Å². The molecule has 0 radical (unpaired) electrons. The fourth-order valence-electron chi connectivity index (χ4n) is 4.63. The number of carbonyl (C=O) groups excluding carboxylic acids is 1. The maximum atomic E-state index is 11.7. The van der Waals surface area contributed by atoms with Crippen LogP contribution in [0.1, 0.15) is 63.8 Å². The van der Waals surface area contributed by atoms with Gasteiger partial charge in [0.1, 0.15) is 11.6 Å². The molecule has 5 nitrogen and oxygen atoms in total. The highest BCUT2D eigenvalue weighted by Gasteiger charge is 2.22. The van der Waals surface area contributed by atoms with Crippen molar-refractivity contribution in [3.05, 3.63) is 48.5 Å². The third-order valence-electron chi connectivity index (χ3n) is 6.44. The number of unbranched alkanes of at least 4 members (excludes halogenated alkanes) is 2. The molecule has 1 saturated carbocycles. The molecule has 0 unspecified atom stereocenters. The Hall–Kier alpha value is -2.82. The Morgan fingerprint density at radius 3 is 2.56 bits per heavy atom. The molecule has 1 heterocycles. The maximum absolute atomic E-state index is 11.7. The lowest BCUT2D eigenvalue weighted by Crippen LogP contribution is -2.21. The summed E-state index contributed by atoms with van der Waals surface area (Å²) in [5, 5.41) is 0. The standard InChI is InChI=1S/C27H35N3O2/c1-29(2)26(31)16-10-5-11-19-32-23-17-18-24-25(20-23)30(22-14-8-4-9-15-22)27(28-24)21-12-6-3-7-13-21/h3,6-7,12-13,17-18,20,22H,4-5,8-11,14-16,19H2,1-2H3. The molecule has 4 rings (SSSR count). The molecule has 170 valence electrons. The number of rotatable bonds is 9. The van der Waals surface area contributed by atoms with Crippen molar-refractivity contribution in [2.24, 2.45) is 0 Å². The van der Waals surface area contributed by atoms with Gasteiger partial charge in [-0.05, 0) is 44.2 Å². The number of hydrogen-bond donors (Lipinski definition) is 0. The van der Waals surface area contributed by atoms with E-state index in [0.29, 0.717) is 19.1 Å². The monoisotopic (exact) mass is 433 g/mol. The van der Waals surface area contributed by atoms with Crippen LogP contribution in [0.3, 0.4) is 0 Å². The van der Waals surface area contributed by atoms with Crippen molar-refractivity contribution in [2.75, 3.05) is 20.7 Å². The van der Waals surface area contributed by atoms with Crippen LogP contribution in [0.2, 0.25) is 0 Å². The highest BCUT2D eigenvalue weighted by molar-refractivity contribution is 5.82. The van der Waals surface area contributed by atoms with E-state index in [1.165, 1.54) is 43.2 Å². The zero-order valence-corrected chi connectivity index (χ0v) is 19.4. The molecule has 0 saturated heterocycles. The molecule has 1 aliphatic carbocycles. The van der Waals surface area contributed by atoms with Crippen molar-refractivity contribution >= 4 is 16.9 Å². The second-order valence-electron chi connectivity index (χ2n) is 9.06. The quantitative estimate of drug-likeness (QED) is 0.376. The lowest BCUT2D eigenvalue weighted by Gasteiger charge is -2.25. The van der Waals surface area contributed by atoms with Gasteiger partial charge in [0.2, 0.25) is 5.91 Å². The molecule has 0 atom stereocenters. The molecule has 1 fully saturated rings. The van der Waals surface area contributed by atoms with Gasteiger partial charge in [-0.2, -0.15) is 0 Å². The van der Waals surface area contributed by atoms with Crippen LogP contribution in [0.4, 0.5) is 0 Å². The predicted octanol–water partition coefficient (Wildman–Crippen LogP) is 6.24. The van der Waals surface area contributed by atoms with Crippen LogP contribution in [0.25, 0.3) is 22.4 Å². The summed E-state index contributed by atoms with van der Waals surface area (Å²) in [4.78, 5) is 18.4. The molecular weight excluding hydrogens is 398 g/mol. The minimum Gasteiger partial charge on any atom is -0.494 e. The number of amides is 1. The van der Waals surface area contributed by atoms with Crippen LogP contribution < -0.4 is 4.74 Å². The van der Waals surface area contributed by atoms with E-state index >= 15 is 0 Å². The summed E-state index contributed by atoms with van der Waals surface area (Å²) in [6.07, 6.45) is 9.80. The summed E-state index contributed by atoms with van der Waals surface area (Å²) in [5.41, 5.74) is 3.37. The molecule has 1 aromatic heterocycles. The Labute approximate surface area is 191 Å². The fraction of sp³-hybridized carbons (Fsp3) is 0.481. The number of carbonyl (C=O) groups is 1. The lowest BCUT2D eigenvalue weighted by molar-refractivity contribution is -0.128. The van der Waals surface area contributed by atoms with Gasteiger partial charge >= 0.3 is 0 Å². The van der Waals surface area contributed by atoms with E-state index in [2.05, 4.69) is 47.0 Å². The normalized spacial score (nSPS) is 14.6. The summed E-state index contributed by atoms with van der Waals surface area (Å²) in [7, 11) is 3.62. The average Bonchev–Trinajstić information content (AvgIpc) is 3.21.